The Morgan fingerprint density at radius 2 is 1.72 bits per heavy atom. The number of hydrogen-bond donors (Lipinski definition) is 3. The maximum Gasteiger partial charge on any atom is 0.226 e. The summed E-state index contributed by atoms with van der Waals surface area (Å²) in [5.74, 6) is 1.21. The molecule has 0 radical (unpaired) electrons. The largest absolute Gasteiger partial charge is 0.370 e. The summed E-state index contributed by atoms with van der Waals surface area (Å²) >= 11 is 0. The predicted octanol–water partition coefficient (Wildman–Crippen LogP) is 3.90. The molecule has 4 N–H and O–H groups in total. The Morgan fingerprint density at radius 1 is 1.08 bits per heavy atom. The SMILES string of the molecule is CC(C)CCCC(C)NC(N)=NCc1ccc(NC(=O)C(C)C)cc1. The first kappa shape index (κ1) is 21.0. The first-order valence-electron chi connectivity index (χ1n) is 9.24. The van der Waals surface area contributed by atoms with Crippen LogP contribution in [0.15, 0.2) is 29.3 Å². The Bertz CT molecular complexity index is 549. The van der Waals surface area contributed by atoms with Crippen LogP contribution in [0.25, 0.3) is 0 Å². The molecule has 0 aliphatic heterocycles. The van der Waals surface area contributed by atoms with Crippen molar-refractivity contribution in [3.8, 4) is 0 Å². The highest BCUT2D eigenvalue weighted by Gasteiger charge is 2.07. The highest BCUT2D eigenvalue weighted by atomic mass is 16.1. The number of guanidine groups is 1. The van der Waals surface area contributed by atoms with E-state index in [9.17, 15) is 4.79 Å². The zero-order chi connectivity index (χ0) is 18.8. The van der Waals surface area contributed by atoms with E-state index >= 15 is 0 Å². The standard InChI is InChI=1S/C20H34N4O/c1-14(2)7-6-8-16(5)23-20(21)22-13-17-9-11-18(12-10-17)24-19(25)15(3)4/h9-12,14-16H,6-8,13H2,1-5H3,(H,24,25)(H3,21,22,23). The fourth-order valence-corrected chi connectivity index (χ4v) is 2.36. The molecule has 0 fully saturated rings. The molecule has 0 aliphatic carbocycles. The molecule has 25 heavy (non-hydrogen) atoms. The van der Waals surface area contributed by atoms with Gasteiger partial charge in [-0.1, -0.05) is 52.7 Å². The molecule has 1 atom stereocenters. The first-order chi connectivity index (χ1) is 11.8. The van der Waals surface area contributed by atoms with Crippen molar-refractivity contribution in [3.05, 3.63) is 29.8 Å². The van der Waals surface area contributed by atoms with Crippen LogP contribution >= 0.6 is 0 Å². The summed E-state index contributed by atoms with van der Waals surface area (Å²) in [6.07, 6.45) is 3.53. The van der Waals surface area contributed by atoms with Crippen LogP contribution in [0.4, 0.5) is 5.69 Å². The van der Waals surface area contributed by atoms with Crippen LogP contribution in [-0.2, 0) is 11.3 Å². The molecule has 0 spiro atoms. The summed E-state index contributed by atoms with van der Waals surface area (Å²) in [6, 6.07) is 8.03. The van der Waals surface area contributed by atoms with Crippen molar-refractivity contribution in [3.63, 3.8) is 0 Å². The molecule has 0 aromatic heterocycles. The zero-order valence-electron chi connectivity index (χ0n) is 16.3. The minimum Gasteiger partial charge on any atom is -0.370 e. The van der Waals surface area contributed by atoms with E-state index in [-0.39, 0.29) is 11.8 Å². The van der Waals surface area contributed by atoms with Crippen LogP contribution in [0.2, 0.25) is 0 Å². The van der Waals surface area contributed by atoms with Gasteiger partial charge in [0.25, 0.3) is 0 Å². The summed E-state index contributed by atoms with van der Waals surface area (Å²) in [7, 11) is 0. The van der Waals surface area contributed by atoms with Gasteiger partial charge in [0.1, 0.15) is 0 Å². The lowest BCUT2D eigenvalue weighted by atomic mass is 10.0. The van der Waals surface area contributed by atoms with Crippen molar-refractivity contribution in [2.45, 2.75) is 66.5 Å². The fourth-order valence-electron chi connectivity index (χ4n) is 2.36. The Hall–Kier alpha value is -2.04. The molecule has 140 valence electrons. The van der Waals surface area contributed by atoms with Crippen LogP contribution in [-0.4, -0.2) is 17.9 Å². The van der Waals surface area contributed by atoms with E-state index in [1.165, 1.54) is 12.8 Å². The number of anilines is 1. The van der Waals surface area contributed by atoms with Crippen molar-refractivity contribution in [1.29, 1.82) is 0 Å². The quantitative estimate of drug-likeness (QED) is 0.468. The molecule has 5 nitrogen and oxygen atoms in total. The van der Waals surface area contributed by atoms with Gasteiger partial charge in [0.15, 0.2) is 5.96 Å². The molecule has 0 heterocycles. The normalized spacial score (nSPS) is 13.2. The van der Waals surface area contributed by atoms with E-state index < -0.39 is 0 Å². The Labute approximate surface area is 152 Å². The summed E-state index contributed by atoms with van der Waals surface area (Å²) in [6.45, 7) is 10.9. The van der Waals surface area contributed by atoms with Gasteiger partial charge in [-0.15, -0.1) is 0 Å². The number of benzene rings is 1. The molecule has 1 rings (SSSR count). The highest BCUT2D eigenvalue weighted by Crippen LogP contribution is 2.12. The third-order valence-corrected chi connectivity index (χ3v) is 3.99. The van der Waals surface area contributed by atoms with E-state index in [2.05, 4.69) is 36.4 Å². The smallest absolute Gasteiger partial charge is 0.226 e. The second-order valence-corrected chi connectivity index (χ2v) is 7.41. The van der Waals surface area contributed by atoms with Crippen molar-refractivity contribution in [1.82, 2.24) is 5.32 Å². The van der Waals surface area contributed by atoms with Crippen LogP contribution in [0.3, 0.4) is 0 Å². The third kappa shape index (κ3) is 9.13. The van der Waals surface area contributed by atoms with E-state index in [1.807, 2.05) is 38.1 Å². The predicted molar refractivity (Wildman–Crippen MR) is 107 cm³/mol. The van der Waals surface area contributed by atoms with Gasteiger partial charge in [-0.2, -0.15) is 0 Å². The van der Waals surface area contributed by atoms with E-state index in [4.69, 9.17) is 5.73 Å². The molecule has 1 unspecified atom stereocenters. The van der Waals surface area contributed by atoms with Gasteiger partial charge >= 0.3 is 0 Å². The second-order valence-electron chi connectivity index (χ2n) is 7.41. The van der Waals surface area contributed by atoms with Crippen LogP contribution in [0.1, 0.15) is 59.4 Å². The van der Waals surface area contributed by atoms with Gasteiger partial charge < -0.3 is 16.4 Å². The van der Waals surface area contributed by atoms with Gasteiger partial charge in [0, 0.05) is 17.6 Å². The topological polar surface area (TPSA) is 79.5 Å². The number of amides is 1. The number of nitrogens with one attached hydrogen (secondary N) is 2. The number of nitrogens with two attached hydrogens (primary N) is 1. The zero-order valence-corrected chi connectivity index (χ0v) is 16.3. The van der Waals surface area contributed by atoms with E-state index in [1.54, 1.807) is 0 Å². The van der Waals surface area contributed by atoms with Crippen molar-refractivity contribution < 1.29 is 4.79 Å². The molecule has 1 amide bonds. The number of carbonyl (C=O) groups is 1. The average molecular weight is 347 g/mol. The molecule has 0 saturated carbocycles. The molecular weight excluding hydrogens is 312 g/mol. The molecule has 0 bridgehead atoms. The van der Waals surface area contributed by atoms with Crippen LogP contribution in [0.5, 0.6) is 0 Å². The first-order valence-corrected chi connectivity index (χ1v) is 9.24. The van der Waals surface area contributed by atoms with E-state index in [0.717, 1.165) is 23.6 Å². The summed E-state index contributed by atoms with van der Waals surface area (Å²) < 4.78 is 0. The van der Waals surface area contributed by atoms with Crippen molar-refractivity contribution in [2.24, 2.45) is 22.6 Å². The van der Waals surface area contributed by atoms with Gasteiger partial charge in [0.05, 0.1) is 6.54 Å². The lowest BCUT2D eigenvalue weighted by Crippen LogP contribution is -2.38. The average Bonchev–Trinajstić information content (AvgIpc) is 2.53. The number of nitrogens with zero attached hydrogens (tertiary/aromatic N) is 1. The summed E-state index contributed by atoms with van der Waals surface area (Å²) in [5.41, 5.74) is 7.82. The monoisotopic (exact) mass is 346 g/mol. The third-order valence-electron chi connectivity index (χ3n) is 3.99. The van der Waals surface area contributed by atoms with Gasteiger partial charge in [-0.25, -0.2) is 4.99 Å². The number of hydrogen-bond acceptors (Lipinski definition) is 2. The fraction of sp³-hybridized carbons (Fsp3) is 0.600. The summed E-state index contributed by atoms with van der Waals surface area (Å²) in [4.78, 5) is 16.1. The molecule has 1 aromatic rings. The molecule has 1 aromatic carbocycles. The minimum atomic E-state index is -0.0299. The molecular formula is C20H34N4O. The highest BCUT2D eigenvalue weighted by molar-refractivity contribution is 5.92. The molecule has 0 aliphatic rings. The Balaban J connectivity index is 2.42. The van der Waals surface area contributed by atoms with Gasteiger partial charge in [0.2, 0.25) is 5.91 Å². The van der Waals surface area contributed by atoms with Crippen molar-refractivity contribution >= 4 is 17.6 Å². The van der Waals surface area contributed by atoms with E-state index in [0.29, 0.717) is 18.5 Å². The maximum atomic E-state index is 11.7. The number of rotatable bonds is 9. The number of aliphatic imine (C=N–C) groups is 1. The lowest BCUT2D eigenvalue weighted by molar-refractivity contribution is -0.118. The Morgan fingerprint density at radius 3 is 2.28 bits per heavy atom. The van der Waals surface area contributed by atoms with Gasteiger partial charge in [-0.3, -0.25) is 4.79 Å². The number of carbonyl (C=O) groups excluding carboxylic acids is 1. The second kappa shape index (κ2) is 10.7. The Kier molecular flexibility index (Phi) is 9.03. The van der Waals surface area contributed by atoms with Crippen LogP contribution in [0, 0.1) is 11.8 Å². The minimum absolute atomic E-state index is 0.0191. The van der Waals surface area contributed by atoms with Crippen LogP contribution < -0.4 is 16.4 Å². The van der Waals surface area contributed by atoms with Crippen molar-refractivity contribution in [2.75, 3.05) is 5.32 Å². The maximum absolute atomic E-state index is 11.7. The lowest BCUT2D eigenvalue weighted by Gasteiger charge is -2.15. The van der Waals surface area contributed by atoms with Gasteiger partial charge in [-0.05, 0) is 37.0 Å². The summed E-state index contributed by atoms with van der Waals surface area (Å²) in [5, 5.41) is 6.12. The molecule has 0 saturated heterocycles. The molecule has 5 heteroatoms.